The highest BCUT2D eigenvalue weighted by Gasteiger charge is 2.24. The third-order valence-corrected chi connectivity index (χ3v) is 7.68. The second kappa shape index (κ2) is 13.7. The maximum Gasteiger partial charge on any atom is 0.140 e. The number of piperazine rings is 1. The van der Waals surface area contributed by atoms with Crippen LogP contribution in [0.5, 0.6) is 0 Å². The lowest BCUT2D eigenvalue weighted by Gasteiger charge is -2.34. The van der Waals surface area contributed by atoms with Crippen LogP contribution in [0.1, 0.15) is 25.8 Å². The second-order valence-corrected chi connectivity index (χ2v) is 10.7. The monoisotopic (exact) mass is 578 g/mol. The van der Waals surface area contributed by atoms with Crippen LogP contribution in [0.25, 0.3) is 11.1 Å². The van der Waals surface area contributed by atoms with Crippen molar-refractivity contribution in [3.63, 3.8) is 0 Å². The lowest BCUT2D eigenvalue weighted by atomic mass is 10.0. The summed E-state index contributed by atoms with van der Waals surface area (Å²) in [7, 11) is 3.85. The van der Waals surface area contributed by atoms with E-state index in [1.807, 2.05) is 19.1 Å². The Balaban J connectivity index is 1.72. The normalized spacial score (nSPS) is 16.2. The fourth-order valence-corrected chi connectivity index (χ4v) is 4.88. The molecule has 1 atom stereocenters. The molecule has 6 nitrogen and oxygen atoms in total. The molecule has 0 aliphatic carbocycles. The van der Waals surface area contributed by atoms with Gasteiger partial charge in [-0.15, -0.1) is 0 Å². The highest BCUT2D eigenvalue weighted by molar-refractivity contribution is 6.30. The zero-order valence-corrected chi connectivity index (χ0v) is 24.7. The van der Waals surface area contributed by atoms with Gasteiger partial charge in [-0.25, -0.2) is 18.8 Å². The van der Waals surface area contributed by atoms with Crippen molar-refractivity contribution in [2.45, 2.75) is 26.3 Å². The Hall–Kier alpha value is -3.75. The summed E-state index contributed by atoms with van der Waals surface area (Å²) in [5.41, 5.74) is 10.2. The van der Waals surface area contributed by atoms with Crippen LogP contribution >= 0.6 is 11.6 Å². The number of nitrogen functional groups attached to an aromatic ring is 1. The van der Waals surface area contributed by atoms with E-state index in [9.17, 15) is 4.39 Å². The molecule has 1 saturated heterocycles. The van der Waals surface area contributed by atoms with Crippen LogP contribution in [-0.4, -0.2) is 66.9 Å². The van der Waals surface area contributed by atoms with Gasteiger partial charge in [-0.2, -0.15) is 0 Å². The standard InChI is InChI=1S/C32H37ClF2N6/c1-5-6-10-29(33)30(35)22(2)40(4)32(38-26-9-7-8-25(34)20-26)28-19-24(21-37-31(28)36)23-11-13-27(14-12-23)41-17-15-39(3)16-18-41/h5-9,11-14,19-22H,10,15-18H2,1-4H3,(H2,36,37)/b6-5-,30-29-,38-32?. The molecule has 3 aromatic rings. The molecule has 2 N–H and O–H groups in total. The van der Waals surface area contributed by atoms with E-state index in [4.69, 9.17) is 22.3 Å². The minimum absolute atomic E-state index is 0.104. The summed E-state index contributed by atoms with van der Waals surface area (Å²) < 4.78 is 29.5. The first-order chi connectivity index (χ1) is 19.7. The van der Waals surface area contributed by atoms with Crippen molar-refractivity contribution in [1.82, 2.24) is 14.8 Å². The van der Waals surface area contributed by atoms with Gasteiger partial charge in [0.15, 0.2) is 0 Å². The number of anilines is 2. The topological polar surface area (TPSA) is 61.0 Å². The number of aromatic nitrogens is 1. The van der Waals surface area contributed by atoms with Crippen molar-refractivity contribution in [2.75, 3.05) is 50.9 Å². The molecular weight excluding hydrogens is 542 g/mol. The fraction of sp³-hybridized carbons (Fsp3) is 0.312. The molecule has 1 unspecified atom stereocenters. The molecule has 1 aliphatic heterocycles. The van der Waals surface area contributed by atoms with Crippen molar-refractivity contribution in [2.24, 2.45) is 4.99 Å². The third-order valence-electron chi connectivity index (χ3n) is 7.35. The van der Waals surface area contributed by atoms with Crippen molar-refractivity contribution in [3.05, 3.63) is 95.2 Å². The maximum atomic E-state index is 15.4. The highest BCUT2D eigenvalue weighted by Crippen LogP contribution is 2.29. The quantitative estimate of drug-likeness (QED) is 0.177. The molecule has 9 heteroatoms. The molecule has 0 spiro atoms. The lowest BCUT2D eigenvalue weighted by Crippen LogP contribution is -2.44. The first-order valence-electron chi connectivity index (χ1n) is 13.7. The summed E-state index contributed by atoms with van der Waals surface area (Å²) in [6.07, 6.45) is 5.59. The number of nitrogens with two attached hydrogens (primary N) is 1. The summed E-state index contributed by atoms with van der Waals surface area (Å²) in [4.78, 5) is 15.5. The van der Waals surface area contributed by atoms with Gasteiger partial charge in [0.1, 0.15) is 23.3 Å². The molecule has 1 aliphatic rings. The van der Waals surface area contributed by atoms with E-state index in [1.165, 1.54) is 17.8 Å². The number of halogens is 3. The van der Waals surface area contributed by atoms with Gasteiger partial charge in [-0.3, -0.25) is 0 Å². The second-order valence-electron chi connectivity index (χ2n) is 10.2. The van der Waals surface area contributed by atoms with Crippen LogP contribution in [0, 0.1) is 5.82 Å². The Morgan fingerprint density at radius 2 is 1.83 bits per heavy atom. The average molecular weight is 579 g/mol. The Kier molecular flexibility index (Phi) is 10.1. The Morgan fingerprint density at radius 1 is 1.12 bits per heavy atom. The SMILES string of the molecule is C/C=C\C/C(Cl)=C(/F)C(C)N(C)C(=Nc1cccc(F)c1)c1cc(-c2ccc(N3CCN(C)CC3)cc2)cnc1N. The number of aliphatic imine (C=N–C) groups is 1. The van der Waals surface area contributed by atoms with Gasteiger partial charge in [-0.1, -0.05) is 42.0 Å². The van der Waals surface area contributed by atoms with Crippen molar-refractivity contribution < 1.29 is 8.78 Å². The molecule has 2 aromatic carbocycles. The number of rotatable bonds is 8. The number of likely N-dealkylation sites (N-methyl/N-ethyl adjacent to an activating group) is 2. The summed E-state index contributed by atoms with van der Waals surface area (Å²) in [5, 5.41) is 0.104. The van der Waals surface area contributed by atoms with Crippen LogP contribution in [0.2, 0.25) is 0 Å². The van der Waals surface area contributed by atoms with Crippen LogP contribution in [0.15, 0.2) is 88.8 Å². The number of allylic oxidation sites excluding steroid dienone is 3. The molecule has 1 aromatic heterocycles. The summed E-state index contributed by atoms with van der Waals surface area (Å²) >= 11 is 6.29. The van der Waals surface area contributed by atoms with E-state index >= 15 is 4.39 Å². The molecule has 0 amide bonds. The molecule has 41 heavy (non-hydrogen) atoms. The largest absolute Gasteiger partial charge is 0.383 e. The minimum Gasteiger partial charge on any atom is -0.383 e. The zero-order chi connectivity index (χ0) is 29.5. The fourth-order valence-electron chi connectivity index (χ4n) is 4.64. The lowest BCUT2D eigenvalue weighted by molar-refractivity contribution is 0.313. The zero-order valence-electron chi connectivity index (χ0n) is 24.0. The van der Waals surface area contributed by atoms with E-state index < -0.39 is 17.7 Å². The molecule has 1 fully saturated rings. The molecular formula is C32H37ClF2N6. The predicted octanol–water partition coefficient (Wildman–Crippen LogP) is 7.01. The van der Waals surface area contributed by atoms with E-state index in [0.29, 0.717) is 17.1 Å². The molecule has 0 bridgehead atoms. The van der Waals surface area contributed by atoms with Gasteiger partial charge in [0.05, 0.1) is 22.3 Å². The van der Waals surface area contributed by atoms with Gasteiger partial charge in [0.2, 0.25) is 0 Å². The smallest absolute Gasteiger partial charge is 0.140 e. The number of pyridine rings is 1. The van der Waals surface area contributed by atoms with Gasteiger partial charge < -0.3 is 20.4 Å². The van der Waals surface area contributed by atoms with E-state index in [-0.39, 0.29) is 17.3 Å². The van der Waals surface area contributed by atoms with Crippen LogP contribution in [-0.2, 0) is 0 Å². The molecule has 4 rings (SSSR count). The van der Waals surface area contributed by atoms with Crippen LogP contribution in [0.4, 0.5) is 26.0 Å². The van der Waals surface area contributed by atoms with Crippen molar-refractivity contribution in [1.29, 1.82) is 0 Å². The number of hydrogen-bond donors (Lipinski definition) is 1. The Morgan fingerprint density at radius 3 is 2.49 bits per heavy atom. The number of nitrogens with zero attached hydrogens (tertiary/aromatic N) is 5. The maximum absolute atomic E-state index is 15.4. The van der Waals surface area contributed by atoms with Crippen molar-refractivity contribution in [3.8, 4) is 11.1 Å². The average Bonchev–Trinajstić information content (AvgIpc) is 2.98. The van der Waals surface area contributed by atoms with Gasteiger partial charge in [0.25, 0.3) is 0 Å². The van der Waals surface area contributed by atoms with E-state index in [2.05, 4.69) is 46.1 Å². The summed E-state index contributed by atoms with van der Waals surface area (Å²) in [5.74, 6) is -0.348. The van der Waals surface area contributed by atoms with Crippen LogP contribution < -0.4 is 10.6 Å². The summed E-state index contributed by atoms with van der Waals surface area (Å²) in [6, 6.07) is 15.4. The first-order valence-corrected chi connectivity index (χ1v) is 14.1. The molecule has 216 valence electrons. The van der Waals surface area contributed by atoms with Gasteiger partial charge in [-0.05, 0) is 62.9 Å². The first kappa shape index (κ1) is 30.2. The van der Waals surface area contributed by atoms with Crippen molar-refractivity contribution >= 4 is 34.6 Å². The number of amidine groups is 1. The highest BCUT2D eigenvalue weighted by atomic mass is 35.5. The predicted molar refractivity (Wildman–Crippen MR) is 167 cm³/mol. The van der Waals surface area contributed by atoms with E-state index in [0.717, 1.165) is 37.3 Å². The number of benzene rings is 2. The third kappa shape index (κ3) is 7.51. The molecule has 2 heterocycles. The molecule has 0 radical (unpaired) electrons. The summed E-state index contributed by atoms with van der Waals surface area (Å²) in [6.45, 7) is 7.57. The number of hydrogen-bond acceptors (Lipinski definition) is 5. The van der Waals surface area contributed by atoms with Crippen LogP contribution in [0.3, 0.4) is 0 Å². The minimum atomic E-state index is -0.772. The molecule has 0 saturated carbocycles. The Bertz CT molecular complexity index is 1430. The Labute approximate surface area is 246 Å². The van der Waals surface area contributed by atoms with Gasteiger partial charge >= 0.3 is 0 Å². The van der Waals surface area contributed by atoms with E-state index in [1.54, 1.807) is 43.3 Å². The van der Waals surface area contributed by atoms with Gasteiger partial charge in [0, 0.05) is 57.1 Å².